The molecule has 168 valence electrons. The van der Waals surface area contributed by atoms with Crippen molar-refractivity contribution in [1.82, 2.24) is 15.6 Å². The number of aryl methyl sites for hydroxylation is 1. The first-order chi connectivity index (χ1) is 13.9. The van der Waals surface area contributed by atoms with E-state index in [1.807, 2.05) is 42.5 Å². The Morgan fingerprint density at radius 3 is 2.52 bits per heavy atom. The number of hydrogen-bond acceptors (Lipinski definition) is 6. The summed E-state index contributed by atoms with van der Waals surface area (Å²) in [5, 5.41) is 6.40. The van der Waals surface area contributed by atoms with E-state index in [1.54, 1.807) is 24.5 Å². The number of aromatic nitrogens is 1. The Morgan fingerprint density at radius 2 is 1.84 bits per heavy atom. The van der Waals surface area contributed by atoms with Gasteiger partial charge in [0.15, 0.2) is 0 Å². The van der Waals surface area contributed by atoms with Gasteiger partial charge in [0, 0.05) is 21.2 Å². The van der Waals surface area contributed by atoms with Gasteiger partial charge in [0.05, 0.1) is 12.6 Å². The summed E-state index contributed by atoms with van der Waals surface area (Å²) in [5.41, 5.74) is 13.0. The van der Waals surface area contributed by atoms with Crippen molar-refractivity contribution in [1.29, 1.82) is 0 Å². The monoisotopic (exact) mass is 483 g/mol. The zero-order chi connectivity index (χ0) is 20.8. The van der Waals surface area contributed by atoms with Crippen LogP contribution in [0.3, 0.4) is 0 Å². The highest BCUT2D eigenvalue weighted by Crippen LogP contribution is 2.28. The number of nitrogens with zero attached hydrogens (tertiary/aromatic N) is 1. The Balaban J connectivity index is 0.00000240. The summed E-state index contributed by atoms with van der Waals surface area (Å²) < 4.78 is 1.02. The van der Waals surface area contributed by atoms with Gasteiger partial charge in [-0.05, 0) is 37.5 Å². The molecule has 0 aliphatic heterocycles. The third-order valence-electron chi connectivity index (χ3n) is 4.64. The average Bonchev–Trinajstić information content (AvgIpc) is 3.15. The first-order valence-corrected chi connectivity index (χ1v) is 10.3. The largest absolute Gasteiger partial charge is 0.383 e. The Bertz CT molecular complexity index is 1000. The van der Waals surface area contributed by atoms with Gasteiger partial charge >= 0.3 is 0 Å². The van der Waals surface area contributed by atoms with E-state index >= 15 is 0 Å². The first-order valence-electron chi connectivity index (χ1n) is 9.44. The van der Waals surface area contributed by atoms with E-state index in [0.717, 1.165) is 20.5 Å². The molecule has 0 bridgehead atoms. The molecule has 6 N–H and O–H groups in total. The number of halogens is 2. The smallest absolute Gasteiger partial charge is 0.242 e. The Hall–Kier alpha value is -2.39. The van der Waals surface area contributed by atoms with Crippen molar-refractivity contribution in [3.63, 3.8) is 0 Å². The quantitative estimate of drug-likeness (QED) is 0.392. The number of amides is 2. The molecule has 0 aliphatic rings. The highest BCUT2D eigenvalue weighted by Gasteiger charge is 2.20. The van der Waals surface area contributed by atoms with Crippen molar-refractivity contribution in [3.05, 3.63) is 59.1 Å². The molecule has 2 aromatic heterocycles. The molecule has 3 aromatic rings. The summed E-state index contributed by atoms with van der Waals surface area (Å²) in [5.74, 6) is -0.122. The molecular formula is C21H27Cl2N5O2S. The average molecular weight is 484 g/mol. The molecule has 0 spiro atoms. The summed E-state index contributed by atoms with van der Waals surface area (Å²) in [6.07, 6.45) is 2.89. The second kappa shape index (κ2) is 12.5. The topological polar surface area (TPSA) is 123 Å². The van der Waals surface area contributed by atoms with E-state index in [-0.39, 0.29) is 36.6 Å². The van der Waals surface area contributed by atoms with Crippen LogP contribution in [0.5, 0.6) is 0 Å². The third-order valence-corrected chi connectivity index (χ3v) is 5.74. The molecule has 2 amide bonds. The van der Waals surface area contributed by atoms with Crippen LogP contribution in [0.2, 0.25) is 0 Å². The Labute approximate surface area is 197 Å². The predicted molar refractivity (Wildman–Crippen MR) is 131 cm³/mol. The van der Waals surface area contributed by atoms with Crippen molar-refractivity contribution in [2.45, 2.75) is 38.4 Å². The lowest BCUT2D eigenvalue weighted by Crippen LogP contribution is -2.50. The Kier molecular flexibility index (Phi) is 10.7. The zero-order valence-corrected chi connectivity index (χ0v) is 19.5. The molecule has 7 nitrogen and oxygen atoms in total. The van der Waals surface area contributed by atoms with Gasteiger partial charge in [0.2, 0.25) is 11.8 Å². The van der Waals surface area contributed by atoms with E-state index in [0.29, 0.717) is 25.2 Å². The normalized spacial score (nSPS) is 12.2. The molecule has 3 rings (SSSR count). The van der Waals surface area contributed by atoms with Crippen molar-refractivity contribution in [2.24, 2.45) is 5.73 Å². The molecule has 1 aromatic carbocycles. The maximum Gasteiger partial charge on any atom is 0.242 e. The first kappa shape index (κ1) is 26.6. The lowest BCUT2D eigenvalue weighted by atomic mass is 10.1. The van der Waals surface area contributed by atoms with Gasteiger partial charge < -0.3 is 22.1 Å². The van der Waals surface area contributed by atoms with Crippen LogP contribution in [0.15, 0.2) is 48.7 Å². The predicted octanol–water partition coefficient (Wildman–Crippen LogP) is 2.80. The van der Waals surface area contributed by atoms with Gasteiger partial charge in [-0.25, -0.2) is 4.98 Å². The number of benzene rings is 1. The number of carbonyl (C=O) groups excluding carboxylic acids is 2. The summed E-state index contributed by atoms with van der Waals surface area (Å²) in [6, 6.07) is 12.3. The number of anilines is 1. The van der Waals surface area contributed by atoms with Crippen LogP contribution in [0.25, 0.3) is 10.1 Å². The molecule has 1 unspecified atom stereocenters. The highest BCUT2D eigenvalue weighted by molar-refractivity contribution is 7.19. The number of nitrogens with one attached hydrogen (secondary N) is 2. The van der Waals surface area contributed by atoms with Crippen molar-refractivity contribution in [3.8, 4) is 0 Å². The fourth-order valence-electron chi connectivity index (χ4n) is 2.93. The van der Waals surface area contributed by atoms with Gasteiger partial charge in [0.25, 0.3) is 0 Å². The van der Waals surface area contributed by atoms with Crippen LogP contribution in [-0.4, -0.2) is 28.9 Å². The van der Waals surface area contributed by atoms with E-state index < -0.39 is 12.1 Å². The molecule has 2 atom stereocenters. The zero-order valence-electron chi connectivity index (χ0n) is 17.0. The van der Waals surface area contributed by atoms with E-state index in [2.05, 4.69) is 15.6 Å². The number of carbonyl (C=O) groups is 2. The molecule has 31 heavy (non-hydrogen) atoms. The minimum absolute atomic E-state index is 0. The molecule has 10 heteroatoms. The van der Waals surface area contributed by atoms with Crippen LogP contribution in [0.1, 0.15) is 23.8 Å². The molecular weight excluding hydrogens is 457 g/mol. The number of pyridine rings is 1. The van der Waals surface area contributed by atoms with Gasteiger partial charge in [-0.2, -0.15) is 0 Å². The summed E-state index contributed by atoms with van der Waals surface area (Å²) >= 11 is 1.55. The van der Waals surface area contributed by atoms with Gasteiger partial charge in [-0.1, -0.05) is 30.3 Å². The molecule has 0 saturated heterocycles. The Morgan fingerprint density at radius 1 is 1.13 bits per heavy atom. The second-order valence-electron chi connectivity index (χ2n) is 6.90. The molecule has 0 radical (unpaired) electrons. The maximum atomic E-state index is 12.3. The van der Waals surface area contributed by atoms with Crippen LogP contribution in [-0.2, 0) is 22.6 Å². The van der Waals surface area contributed by atoms with Crippen LogP contribution < -0.4 is 22.1 Å². The van der Waals surface area contributed by atoms with Crippen LogP contribution in [0, 0.1) is 0 Å². The SMILES string of the molecule is C[C@H](NC(=O)C(N)CCc1ccccc1)C(=O)NCc1cc2c(N)nccc2s1.Cl.Cl. The molecule has 2 heterocycles. The molecule has 0 fully saturated rings. The van der Waals surface area contributed by atoms with Crippen molar-refractivity contribution in [2.75, 3.05) is 5.73 Å². The number of nitrogens with two attached hydrogens (primary N) is 2. The van der Waals surface area contributed by atoms with Crippen molar-refractivity contribution >= 4 is 63.9 Å². The third kappa shape index (κ3) is 7.36. The number of hydrogen-bond donors (Lipinski definition) is 4. The van der Waals surface area contributed by atoms with Crippen molar-refractivity contribution < 1.29 is 9.59 Å². The van der Waals surface area contributed by atoms with Gasteiger partial charge in [-0.3, -0.25) is 9.59 Å². The summed E-state index contributed by atoms with van der Waals surface area (Å²) in [4.78, 5) is 29.6. The standard InChI is InChI=1S/C21H25N5O2S.2ClH/c1-13(26-21(28)17(22)8-7-14-5-3-2-4-6-14)20(27)25-12-15-11-16-18(29-15)9-10-24-19(16)23;;/h2-6,9-11,13,17H,7-8,12,22H2,1H3,(H2,23,24)(H,25,27)(H,26,28);2*1H/t13-,17?;;/m0../s1. The minimum Gasteiger partial charge on any atom is -0.383 e. The summed E-state index contributed by atoms with van der Waals surface area (Å²) in [7, 11) is 0. The van der Waals surface area contributed by atoms with Gasteiger partial charge in [-0.15, -0.1) is 36.2 Å². The number of fused-ring (bicyclic) bond motifs is 1. The highest BCUT2D eigenvalue weighted by atomic mass is 35.5. The number of rotatable bonds is 8. The lowest BCUT2D eigenvalue weighted by Gasteiger charge is -2.17. The second-order valence-corrected chi connectivity index (χ2v) is 8.07. The number of nitrogen functional groups attached to an aromatic ring is 1. The van der Waals surface area contributed by atoms with Crippen LogP contribution >= 0.6 is 36.2 Å². The summed E-state index contributed by atoms with van der Waals surface area (Å²) in [6.45, 7) is 2.00. The van der Waals surface area contributed by atoms with E-state index in [1.165, 1.54) is 0 Å². The van der Waals surface area contributed by atoms with E-state index in [4.69, 9.17) is 11.5 Å². The molecule has 0 aliphatic carbocycles. The minimum atomic E-state index is -0.675. The molecule has 0 saturated carbocycles. The number of thiophene rings is 1. The lowest BCUT2D eigenvalue weighted by molar-refractivity contribution is -0.129. The maximum absolute atomic E-state index is 12.3. The fourth-order valence-corrected chi connectivity index (χ4v) is 3.94. The van der Waals surface area contributed by atoms with E-state index in [9.17, 15) is 9.59 Å². The van der Waals surface area contributed by atoms with Gasteiger partial charge in [0.1, 0.15) is 11.9 Å². The fraction of sp³-hybridized carbons (Fsp3) is 0.286. The van der Waals surface area contributed by atoms with Crippen LogP contribution in [0.4, 0.5) is 5.82 Å².